The van der Waals surface area contributed by atoms with Gasteiger partial charge in [0.05, 0.1) is 20.3 Å². The van der Waals surface area contributed by atoms with E-state index in [9.17, 15) is 4.79 Å². The van der Waals surface area contributed by atoms with Crippen LogP contribution < -0.4 is 20.1 Å². The highest BCUT2D eigenvalue weighted by atomic mass is 16.5. The molecular formula is C15H22N2O4. The second-order valence-electron chi connectivity index (χ2n) is 4.73. The predicted octanol–water partition coefficient (Wildman–Crippen LogP) is 0.569. The van der Waals surface area contributed by atoms with Crippen molar-refractivity contribution in [1.29, 1.82) is 0 Å². The van der Waals surface area contributed by atoms with Gasteiger partial charge in [0.25, 0.3) is 0 Å². The quantitative estimate of drug-likeness (QED) is 0.720. The summed E-state index contributed by atoms with van der Waals surface area (Å²) < 4.78 is 16.0. The van der Waals surface area contributed by atoms with Crippen molar-refractivity contribution in [3.8, 4) is 11.5 Å². The van der Waals surface area contributed by atoms with Crippen molar-refractivity contribution in [3.05, 3.63) is 24.3 Å². The summed E-state index contributed by atoms with van der Waals surface area (Å²) in [6, 6.07) is 7.42. The maximum Gasteiger partial charge on any atom is 0.250 e. The zero-order valence-corrected chi connectivity index (χ0v) is 12.3. The van der Waals surface area contributed by atoms with Crippen molar-refractivity contribution in [2.24, 2.45) is 0 Å². The van der Waals surface area contributed by atoms with Crippen molar-refractivity contribution < 1.29 is 19.0 Å². The van der Waals surface area contributed by atoms with Crippen LogP contribution in [0.1, 0.15) is 6.42 Å². The van der Waals surface area contributed by atoms with Crippen LogP contribution in [0.2, 0.25) is 0 Å². The molecule has 1 fully saturated rings. The Morgan fingerprint density at radius 1 is 1.38 bits per heavy atom. The fourth-order valence-electron chi connectivity index (χ4n) is 1.99. The number of benzene rings is 1. The molecule has 116 valence electrons. The third-order valence-corrected chi connectivity index (χ3v) is 3.17. The van der Waals surface area contributed by atoms with Gasteiger partial charge in [-0.25, -0.2) is 0 Å². The Morgan fingerprint density at radius 2 is 2.14 bits per heavy atom. The lowest BCUT2D eigenvalue weighted by atomic mass is 10.3. The average Bonchev–Trinajstić information content (AvgIpc) is 2.55. The highest BCUT2D eigenvalue weighted by molar-refractivity contribution is 5.81. The summed E-state index contributed by atoms with van der Waals surface area (Å²) in [4.78, 5) is 11.8. The lowest BCUT2D eigenvalue weighted by Crippen LogP contribution is -2.48. The number of hydrogen-bond donors (Lipinski definition) is 2. The van der Waals surface area contributed by atoms with Crippen LogP contribution in [0.5, 0.6) is 11.5 Å². The molecule has 0 bridgehead atoms. The van der Waals surface area contributed by atoms with E-state index >= 15 is 0 Å². The molecule has 21 heavy (non-hydrogen) atoms. The van der Waals surface area contributed by atoms with E-state index in [1.54, 1.807) is 7.11 Å². The predicted molar refractivity (Wildman–Crippen MR) is 78.7 cm³/mol. The van der Waals surface area contributed by atoms with E-state index in [2.05, 4.69) is 10.6 Å². The summed E-state index contributed by atoms with van der Waals surface area (Å²) in [7, 11) is 1.63. The highest BCUT2D eigenvalue weighted by Crippen LogP contribution is 2.16. The van der Waals surface area contributed by atoms with Crippen LogP contribution in [0.15, 0.2) is 24.3 Å². The summed E-state index contributed by atoms with van der Waals surface area (Å²) >= 11 is 0. The molecule has 1 heterocycles. The molecule has 6 nitrogen and oxygen atoms in total. The molecule has 1 saturated heterocycles. The van der Waals surface area contributed by atoms with Gasteiger partial charge >= 0.3 is 0 Å². The normalized spacial score (nSPS) is 18.0. The third-order valence-electron chi connectivity index (χ3n) is 3.17. The molecule has 1 aliphatic rings. The summed E-state index contributed by atoms with van der Waals surface area (Å²) in [6.07, 6.45) is 0.374. The summed E-state index contributed by atoms with van der Waals surface area (Å²) in [5.74, 6) is 1.53. The Bertz CT molecular complexity index is 430. The van der Waals surface area contributed by atoms with E-state index < -0.39 is 0 Å². The van der Waals surface area contributed by atoms with Crippen molar-refractivity contribution in [2.75, 3.05) is 40.0 Å². The van der Waals surface area contributed by atoms with Crippen LogP contribution in [0.4, 0.5) is 0 Å². The lowest BCUT2D eigenvalue weighted by Gasteiger charge is -2.22. The average molecular weight is 294 g/mol. The van der Waals surface area contributed by atoms with Gasteiger partial charge in [0.15, 0.2) is 0 Å². The minimum Gasteiger partial charge on any atom is -0.497 e. The van der Waals surface area contributed by atoms with E-state index in [1.807, 2.05) is 24.3 Å². The molecule has 1 aromatic carbocycles. The van der Waals surface area contributed by atoms with Gasteiger partial charge in [-0.3, -0.25) is 4.79 Å². The monoisotopic (exact) mass is 294 g/mol. The van der Waals surface area contributed by atoms with E-state index in [0.717, 1.165) is 24.5 Å². The maximum atomic E-state index is 11.8. The Labute approximate surface area is 124 Å². The zero-order valence-electron chi connectivity index (χ0n) is 12.3. The Morgan fingerprint density at radius 3 is 2.81 bits per heavy atom. The number of nitrogens with one attached hydrogen (secondary N) is 2. The number of hydrogen-bond acceptors (Lipinski definition) is 5. The molecule has 1 aliphatic heterocycles. The Hall–Kier alpha value is -1.79. The minimum absolute atomic E-state index is 0.0633. The lowest BCUT2D eigenvalue weighted by molar-refractivity contribution is -0.134. The molecule has 2 N–H and O–H groups in total. The molecule has 0 aliphatic carbocycles. The zero-order chi connectivity index (χ0) is 14.9. The van der Waals surface area contributed by atoms with Gasteiger partial charge in [-0.1, -0.05) is 0 Å². The molecule has 6 heteroatoms. The van der Waals surface area contributed by atoms with Gasteiger partial charge in [-0.05, 0) is 30.7 Å². The van der Waals surface area contributed by atoms with Gasteiger partial charge in [0.2, 0.25) is 5.91 Å². The van der Waals surface area contributed by atoms with Crippen LogP contribution in [0.25, 0.3) is 0 Å². The summed E-state index contributed by atoms with van der Waals surface area (Å²) in [5.41, 5.74) is 0. The Kier molecular flexibility index (Phi) is 6.30. The van der Waals surface area contributed by atoms with E-state index in [-0.39, 0.29) is 12.0 Å². The second-order valence-corrected chi connectivity index (χ2v) is 4.73. The molecule has 0 radical (unpaired) electrons. The number of carbonyl (C=O) groups is 1. The largest absolute Gasteiger partial charge is 0.497 e. The van der Waals surface area contributed by atoms with Crippen LogP contribution >= 0.6 is 0 Å². The third kappa shape index (κ3) is 5.24. The van der Waals surface area contributed by atoms with Crippen molar-refractivity contribution in [2.45, 2.75) is 12.5 Å². The van der Waals surface area contributed by atoms with Gasteiger partial charge in [-0.15, -0.1) is 0 Å². The van der Waals surface area contributed by atoms with E-state index in [0.29, 0.717) is 26.3 Å². The fraction of sp³-hybridized carbons (Fsp3) is 0.533. The van der Waals surface area contributed by atoms with Crippen molar-refractivity contribution in [3.63, 3.8) is 0 Å². The second kappa shape index (κ2) is 8.49. The number of methoxy groups -OCH3 is 1. The van der Waals surface area contributed by atoms with Crippen molar-refractivity contribution >= 4 is 5.91 Å². The number of carbonyl (C=O) groups excluding carboxylic acids is 1. The number of rotatable bonds is 7. The molecular weight excluding hydrogens is 272 g/mol. The van der Waals surface area contributed by atoms with Gasteiger partial charge in [-0.2, -0.15) is 0 Å². The van der Waals surface area contributed by atoms with Gasteiger partial charge < -0.3 is 24.8 Å². The molecule has 0 saturated carbocycles. The molecule has 1 atom stereocenters. The first-order valence-corrected chi connectivity index (χ1v) is 7.16. The first kappa shape index (κ1) is 15.6. The molecule has 1 aromatic rings. The molecule has 1 amide bonds. The van der Waals surface area contributed by atoms with Crippen LogP contribution in [0, 0.1) is 0 Å². The first-order chi connectivity index (χ1) is 10.3. The first-order valence-electron chi connectivity index (χ1n) is 7.16. The number of amides is 1. The topological polar surface area (TPSA) is 68.8 Å². The fourth-order valence-corrected chi connectivity index (χ4v) is 1.99. The highest BCUT2D eigenvalue weighted by Gasteiger charge is 2.20. The Balaban J connectivity index is 1.57. The molecule has 2 rings (SSSR count). The van der Waals surface area contributed by atoms with E-state index in [1.165, 1.54) is 0 Å². The van der Waals surface area contributed by atoms with Gasteiger partial charge in [0, 0.05) is 19.6 Å². The van der Waals surface area contributed by atoms with Gasteiger partial charge in [0.1, 0.15) is 17.6 Å². The molecule has 0 spiro atoms. The minimum atomic E-state index is -0.374. The van der Waals surface area contributed by atoms with Crippen LogP contribution in [-0.2, 0) is 9.53 Å². The smallest absolute Gasteiger partial charge is 0.250 e. The summed E-state index contributed by atoms with van der Waals surface area (Å²) in [5, 5.41) is 5.98. The summed E-state index contributed by atoms with van der Waals surface area (Å²) in [6.45, 7) is 3.09. The maximum absolute atomic E-state index is 11.8. The van der Waals surface area contributed by atoms with E-state index in [4.69, 9.17) is 14.2 Å². The molecule has 1 unspecified atom stereocenters. The SMILES string of the molecule is COc1ccc(OCCCNC(=O)C2CNCCO2)cc1. The number of morpholine rings is 1. The molecule has 0 aromatic heterocycles. The van der Waals surface area contributed by atoms with Crippen LogP contribution in [-0.4, -0.2) is 52.0 Å². The van der Waals surface area contributed by atoms with Crippen molar-refractivity contribution in [1.82, 2.24) is 10.6 Å². The number of ether oxygens (including phenoxy) is 3. The standard InChI is InChI=1S/C15H22N2O4/c1-19-12-3-5-13(6-4-12)20-9-2-7-17-15(18)14-11-16-8-10-21-14/h3-6,14,16H,2,7-11H2,1H3,(H,17,18). The van der Waals surface area contributed by atoms with Crippen LogP contribution in [0.3, 0.4) is 0 Å².